The van der Waals surface area contributed by atoms with Crippen LogP contribution in [-0.2, 0) is 0 Å². The summed E-state index contributed by atoms with van der Waals surface area (Å²) in [5.41, 5.74) is 11.6. The number of hydrogen-bond acceptors (Lipinski definition) is 2. The van der Waals surface area contributed by atoms with E-state index < -0.39 is 0 Å². The highest BCUT2D eigenvalue weighted by Gasteiger charge is 2.23. The monoisotopic (exact) mass is 302 g/mol. The SMILES string of the molecule is Br.Br.NCC1(N)CCCCCC1. The maximum absolute atomic E-state index is 6.03. The Labute approximate surface area is 96.0 Å². The van der Waals surface area contributed by atoms with Crippen LogP contribution in [0.5, 0.6) is 0 Å². The van der Waals surface area contributed by atoms with Crippen molar-refractivity contribution in [3.63, 3.8) is 0 Å². The zero-order valence-corrected chi connectivity index (χ0v) is 10.8. The van der Waals surface area contributed by atoms with Gasteiger partial charge >= 0.3 is 0 Å². The molecule has 0 radical (unpaired) electrons. The van der Waals surface area contributed by atoms with Gasteiger partial charge in [0, 0.05) is 12.1 Å². The molecule has 0 spiro atoms. The molecule has 1 fully saturated rings. The predicted octanol–water partition coefficient (Wildman–Crippen LogP) is 2.15. The molecule has 1 aliphatic rings. The summed E-state index contributed by atoms with van der Waals surface area (Å²) in [6, 6.07) is 0. The Kier molecular flexibility index (Phi) is 9.34. The summed E-state index contributed by atoms with van der Waals surface area (Å²) in [4.78, 5) is 0. The Morgan fingerprint density at radius 3 is 1.67 bits per heavy atom. The summed E-state index contributed by atoms with van der Waals surface area (Å²) < 4.78 is 0. The van der Waals surface area contributed by atoms with Gasteiger partial charge in [0.05, 0.1) is 0 Å². The summed E-state index contributed by atoms with van der Waals surface area (Å²) in [7, 11) is 0. The first-order valence-corrected chi connectivity index (χ1v) is 4.26. The van der Waals surface area contributed by atoms with E-state index in [0.29, 0.717) is 6.54 Å². The molecule has 0 aliphatic heterocycles. The minimum atomic E-state index is -0.0174. The zero-order chi connectivity index (χ0) is 7.45. The molecule has 0 aromatic rings. The van der Waals surface area contributed by atoms with Gasteiger partial charge in [-0.05, 0) is 12.8 Å². The van der Waals surface area contributed by atoms with Crippen LogP contribution in [0.3, 0.4) is 0 Å². The molecule has 0 aromatic carbocycles. The third-order valence-electron chi connectivity index (χ3n) is 2.51. The Morgan fingerprint density at radius 2 is 1.33 bits per heavy atom. The first-order chi connectivity index (χ1) is 4.77. The van der Waals surface area contributed by atoms with Crippen LogP contribution in [0, 0.1) is 0 Å². The Hall–Kier alpha value is 0.880. The minimum Gasteiger partial charge on any atom is -0.329 e. The van der Waals surface area contributed by atoms with Crippen molar-refractivity contribution in [2.24, 2.45) is 11.5 Å². The van der Waals surface area contributed by atoms with E-state index in [1.807, 2.05) is 0 Å². The van der Waals surface area contributed by atoms with Gasteiger partial charge in [0.25, 0.3) is 0 Å². The average molecular weight is 304 g/mol. The van der Waals surface area contributed by atoms with Gasteiger partial charge < -0.3 is 11.5 Å². The number of nitrogens with two attached hydrogens (primary N) is 2. The highest BCUT2D eigenvalue weighted by Crippen LogP contribution is 2.23. The molecule has 4 heteroatoms. The van der Waals surface area contributed by atoms with Crippen LogP contribution in [0.1, 0.15) is 38.5 Å². The van der Waals surface area contributed by atoms with Crippen LogP contribution < -0.4 is 11.5 Å². The zero-order valence-electron chi connectivity index (χ0n) is 7.42. The van der Waals surface area contributed by atoms with Gasteiger partial charge in [0.2, 0.25) is 0 Å². The minimum absolute atomic E-state index is 0. The van der Waals surface area contributed by atoms with Gasteiger partial charge in [-0.15, -0.1) is 34.0 Å². The van der Waals surface area contributed by atoms with Crippen LogP contribution in [0.15, 0.2) is 0 Å². The molecule has 4 N–H and O–H groups in total. The summed E-state index contributed by atoms with van der Waals surface area (Å²) in [5.74, 6) is 0. The smallest absolute Gasteiger partial charge is 0.0278 e. The summed E-state index contributed by atoms with van der Waals surface area (Å²) in [6.45, 7) is 0.660. The molecule has 0 unspecified atom stereocenters. The number of halogens is 2. The van der Waals surface area contributed by atoms with Crippen LogP contribution in [0.25, 0.3) is 0 Å². The maximum atomic E-state index is 6.03. The van der Waals surface area contributed by atoms with Crippen molar-refractivity contribution in [1.82, 2.24) is 0 Å². The summed E-state index contributed by atoms with van der Waals surface area (Å²) >= 11 is 0. The molecule has 0 atom stereocenters. The molecular weight excluding hydrogens is 284 g/mol. The van der Waals surface area contributed by atoms with Gasteiger partial charge in [0.15, 0.2) is 0 Å². The van der Waals surface area contributed by atoms with Crippen LogP contribution >= 0.6 is 34.0 Å². The second-order valence-electron chi connectivity index (χ2n) is 3.48. The molecule has 0 amide bonds. The van der Waals surface area contributed by atoms with Crippen molar-refractivity contribution < 1.29 is 0 Å². The van der Waals surface area contributed by atoms with E-state index in [-0.39, 0.29) is 39.5 Å². The van der Waals surface area contributed by atoms with Gasteiger partial charge in [-0.2, -0.15) is 0 Å². The van der Waals surface area contributed by atoms with E-state index in [9.17, 15) is 0 Å². The van der Waals surface area contributed by atoms with Gasteiger partial charge in [-0.1, -0.05) is 25.7 Å². The Bertz CT molecular complexity index is 101. The first-order valence-electron chi connectivity index (χ1n) is 4.26. The van der Waals surface area contributed by atoms with E-state index in [1.54, 1.807) is 0 Å². The second-order valence-corrected chi connectivity index (χ2v) is 3.48. The number of rotatable bonds is 1. The van der Waals surface area contributed by atoms with E-state index in [4.69, 9.17) is 11.5 Å². The first kappa shape index (κ1) is 15.4. The standard InChI is InChI=1S/C8H18N2.2BrH/c9-7-8(10)5-3-1-2-4-6-8;;/h1-7,9-10H2;2*1H. The fraction of sp³-hybridized carbons (Fsp3) is 1.00. The number of hydrogen-bond donors (Lipinski definition) is 2. The largest absolute Gasteiger partial charge is 0.329 e. The Morgan fingerprint density at radius 1 is 0.917 bits per heavy atom. The van der Waals surface area contributed by atoms with Crippen molar-refractivity contribution in [3.8, 4) is 0 Å². The van der Waals surface area contributed by atoms with Crippen LogP contribution in [-0.4, -0.2) is 12.1 Å². The van der Waals surface area contributed by atoms with Gasteiger partial charge in [-0.3, -0.25) is 0 Å². The highest BCUT2D eigenvalue weighted by molar-refractivity contribution is 8.93. The fourth-order valence-electron chi connectivity index (χ4n) is 1.64. The van der Waals surface area contributed by atoms with Crippen molar-refractivity contribution >= 4 is 34.0 Å². The van der Waals surface area contributed by atoms with Crippen LogP contribution in [0.4, 0.5) is 0 Å². The van der Waals surface area contributed by atoms with Crippen molar-refractivity contribution in [3.05, 3.63) is 0 Å². The van der Waals surface area contributed by atoms with E-state index in [0.717, 1.165) is 12.8 Å². The molecule has 0 aromatic heterocycles. The molecule has 0 heterocycles. The van der Waals surface area contributed by atoms with Crippen molar-refractivity contribution in [2.75, 3.05) is 6.54 Å². The molecule has 0 bridgehead atoms. The Balaban J connectivity index is 0. The normalized spacial score (nSPS) is 21.5. The molecular formula is C8H20Br2N2. The average Bonchev–Trinajstić information content (AvgIpc) is 2.15. The lowest BCUT2D eigenvalue weighted by Crippen LogP contribution is -2.46. The van der Waals surface area contributed by atoms with E-state index >= 15 is 0 Å². The lowest BCUT2D eigenvalue weighted by molar-refractivity contribution is 0.382. The van der Waals surface area contributed by atoms with Gasteiger partial charge in [0.1, 0.15) is 0 Å². The lowest BCUT2D eigenvalue weighted by Gasteiger charge is -2.25. The summed E-state index contributed by atoms with van der Waals surface area (Å²) in [5, 5.41) is 0. The van der Waals surface area contributed by atoms with E-state index in [1.165, 1.54) is 25.7 Å². The predicted molar refractivity (Wildman–Crippen MR) is 64.3 cm³/mol. The van der Waals surface area contributed by atoms with E-state index in [2.05, 4.69) is 0 Å². The molecule has 76 valence electrons. The second kappa shape index (κ2) is 7.30. The fourth-order valence-corrected chi connectivity index (χ4v) is 1.64. The lowest BCUT2D eigenvalue weighted by atomic mass is 9.92. The molecule has 2 nitrogen and oxygen atoms in total. The summed E-state index contributed by atoms with van der Waals surface area (Å²) in [6.07, 6.45) is 7.49. The highest BCUT2D eigenvalue weighted by atomic mass is 79.9. The maximum Gasteiger partial charge on any atom is 0.0278 e. The molecule has 1 rings (SSSR count). The third-order valence-corrected chi connectivity index (χ3v) is 2.51. The van der Waals surface area contributed by atoms with Crippen molar-refractivity contribution in [2.45, 2.75) is 44.1 Å². The molecule has 1 aliphatic carbocycles. The quantitative estimate of drug-likeness (QED) is 0.729. The van der Waals surface area contributed by atoms with Gasteiger partial charge in [-0.25, -0.2) is 0 Å². The van der Waals surface area contributed by atoms with Crippen molar-refractivity contribution in [1.29, 1.82) is 0 Å². The third kappa shape index (κ3) is 4.80. The molecule has 0 saturated heterocycles. The topological polar surface area (TPSA) is 52.0 Å². The van der Waals surface area contributed by atoms with Crippen LogP contribution in [0.2, 0.25) is 0 Å². The molecule has 1 saturated carbocycles. The molecule has 12 heavy (non-hydrogen) atoms.